The first-order valence-corrected chi connectivity index (χ1v) is 13.9. The van der Waals surface area contributed by atoms with Crippen molar-refractivity contribution in [1.82, 2.24) is 0 Å². The van der Waals surface area contributed by atoms with Gasteiger partial charge in [-0.1, -0.05) is 76.6 Å². The van der Waals surface area contributed by atoms with Crippen LogP contribution in [-0.2, 0) is 16.2 Å². The van der Waals surface area contributed by atoms with Gasteiger partial charge in [0.15, 0.2) is 16.6 Å². The maximum Gasteiger partial charge on any atom is 0.270 e. The topological polar surface area (TPSA) is 59.1 Å². The highest BCUT2D eigenvalue weighted by molar-refractivity contribution is 9.10. The molecule has 8 heteroatoms. The molecule has 0 aromatic heterocycles. The zero-order valence-electron chi connectivity index (χ0n) is 21.6. The van der Waals surface area contributed by atoms with Gasteiger partial charge in [0.2, 0.25) is 0 Å². The molecule has 0 bridgehead atoms. The third-order valence-corrected chi connectivity index (χ3v) is 7.34. The van der Waals surface area contributed by atoms with Crippen LogP contribution in [0.5, 0.6) is 11.5 Å². The predicted octanol–water partition coefficient (Wildman–Crippen LogP) is 7.18. The van der Waals surface area contributed by atoms with E-state index in [4.69, 9.17) is 21.7 Å². The normalized spacial score (nSPS) is 13.4. The standard InChI is InChI=1S/C32H25BrN2O4S/c1-2-38-29-20-22(17-18-28(29)39-21-23-11-9-10-16-27(23)33)19-26-30(36)34(24-12-5-3-6-13-24)32(40)35(31(26)37)25-14-7-4-8-15-25/h3-20H,2,21H2,1H3. The largest absolute Gasteiger partial charge is 0.490 e. The Hall–Kier alpha value is -4.27. The number of benzene rings is 4. The summed E-state index contributed by atoms with van der Waals surface area (Å²) in [6.45, 7) is 2.64. The van der Waals surface area contributed by atoms with E-state index in [0.717, 1.165) is 10.0 Å². The van der Waals surface area contributed by atoms with Crippen molar-refractivity contribution in [3.8, 4) is 11.5 Å². The van der Waals surface area contributed by atoms with Crippen LogP contribution in [0.25, 0.3) is 6.08 Å². The van der Waals surface area contributed by atoms with Crippen molar-refractivity contribution in [1.29, 1.82) is 0 Å². The minimum atomic E-state index is -0.499. The number of rotatable bonds is 8. The first-order chi connectivity index (χ1) is 19.5. The van der Waals surface area contributed by atoms with Crippen LogP contribution in [0.15, 0.2) is 113 Å². The van der Waals surface area contributed by atoms with E-state index in [1.807, 2.05) is 67.6 Å². The van der Waals surface area contributed by atoms with Crippen molar-refractivity contribution < 1.29 is 19.1 Å². The molecule has 5 rings (SSSR count). The summed E-state index contributed by atoms with van der Waals surface area (Å²) < 4.78 is 12.9. The Bertz CT molecular complexity index is 1530. The van der Waals surface area contributed by atoms with Crippen LogP contribution in [-0.4, -0.2) is 23.5 Å². The number of anilines is 2. The van der Waals surface area contributed by atoms with Gasteiger partial charge < -0.3 is 9.47 Å². The Labute approximate surface area is 246 Å². The highest BCUT2D eigenvalue weighted by Gasteiger charge is 2.41. The molecule has 1 heterocycles. The molecule has 1 aliphatic rings. The van der Waals surface area contributed by atoms with Crippen LogP contribution in [0.1, 0.15) is 18.1 Å². The molecule has 0 radical (unpaired) electrons. The SMILES string of the molecule is CCOc1cc(C=C2C(=O)N(c3ccccc3)C(=S)N(c3ccccc3)C2=O)ccc1OCc1ccccc1Br. The summed E-state index contributed by atoms with van der Waals surface area (Å²) >= 11 is 9.22. The number of thiocarbonyl (C=S) groups is 1. The Kier molecular flexibility index (Phi) is 8.38. The molecule has 0 atom stereocenters. The highest BCUT2D eigenvalue weighted by Crippen LogP contribution is 2.33. The summed E-state index contributed by atoms with van der Waals surface area (Å²) in [6, 6.07) is 31.3. The molecule has 0 spiro atoms. The number of hydrogen-bond donors (Lipinski definition) is 0. The first-order valence-electron chi connectivity index (χ1n) is 12.7. The van der Waals surface area contributed by atoms with Crippen molar-refractivity contribution in [3.63, 3.8) is 0 Å². The second-order valence-corrected chi connectivity index (χ2v) is 10.0. The molecule has 0 aliphatic carbocycles. The summed E-state index contributed by atoms with van der Waals surface area (Å²) in [6.07, 6.45) is 1.57. The van der Waals surface area contributed by atoms with Crippen molar-refractivity contribution >= 4 is 62.5 Å². The average Bonchev–Trinajstić information content (AvgIpc) is 2.97. The van der Waals surface area contributed by atoms with Crippen LogP contribution >= 0.6 is 28.1 Å². The van der Waals surface area contributed by atoms with E-state index in [2.05, 4.69) is 15.9 Å². The molecule has 200 valence electrons. The molecule has 4 aromatic carbocycles. The molecule has 0 N–H and O–H groups in total. The molecular weight excluding hydrogens is 588 g/mol. The fourth-order valence-electron chi connectivity index (χ4n) is 4.28. The van der Waals surface area contributed by atoms with Gasteiger partial charge >= 0.3 is 0 Å². The molecule has 4 aromatic rings. The lowest BCUT2D eigenvalue weighted by Gasteiger charge is -2.36. The number of para-hydroxylation sites is 2. The molecule has 1 fully saturated rings. The van der Waals surface area contributed by atoms with Crippen LogP contribution in [0.3, 0.4) is 0 Å². The second-order valence-electron chi connectivity index (χ2n) is 8.81. The van der Waals surface area contributed by atoms with E-state index in [9.17, 15) is 9.59 Å². The third kappa shape index (κ3) is 5.68. The number of halogens is 1. The Morgan fingerprint density at radius 1 is 0.750 bits per heavy atom. The summed E-state index contributed by atoms with van der Waals surface area (Å²) in [7, 11) is 0. The van der Waals surface area contributed by atoms with E-state index in [1.165, 1.54) is 9.80 Å². The predicted molar refractivity (Wildman–Crippen MR) is 165 cm³/mol. The van der Waals surface area contributed by atoms with E-state index < -0.39 is 11.8 Å². The van der Waals surface area contributed by atoms with Crippen LogP contribution in [0.4, 0.5) is 11.4 Å². The molecule has 1 aliphatic heterocycles. The monoisotopic (exact) mass is 612 g/mol. The van der Waals surface area contributed by atoms with Crippen molar-refractivity contribution in [2.75, 3.05) is 16.4 Å². The fraction of sp³-hybridized carbons (Fsp3) is 0.0938. The van der Waals surface area contributed by atoms with E-state index >= 15 is 0 Å². The van der Waals surface area contributed by atoms with E-state index in [0.29, 0.717) is 41.7 Å². The molecule has 6 nitrogen and oxygen atoms in total. The number of ether oxygens (including phenoxy) is 2. The molecule has 0 unspecified atom stereocenters. The lowest BCUT2D eigenvalue weighted by molar-refractivity contribution is -0.120. The lowest BCUT2D eigenvalue weighted by atomic mass is 10.0. The van der Waals surface area contributed by atoms with Crippen molar-refractivity contribution in [2.45, 2.75) is 13.5 Å². The Morgan fingerprint density at radius 3 is 1.90 bits per heavy atom. The van der Waals surface area contributed by atoms with Crippen LogP contribution < -0.4 is 19.3 Å². The fourth-order valence-corrected chi connectivity index (χ4v) is 5.05. The summed E-state index contributed by atoms with van der Waals surface area (Å²) in [5.74, 6) is 0.0650. The number of hydrogen-bond acceptors (Lipinski definition) is 5. The highest BCUT2D eigenvalue weighted by atomic mass is 79.9. The van der Waals surface area contributed by atoms with Gasteiger partial charge in [-0.2, -0.15) is 0 Å². The minimum Gasteiger partial charge on any atom is -0.490 e. The second kappa shape index (κ2) is 12.3. The number of amides is 2. The summed E-state index contributed by atoms with van der Waals surface area (Å²) in [4.78, 5) is 30.3. The molecule has 0 saturated carbocycles. The maximum atomic E-state index is 13.8. The van der Waals surface area contributed by atoms with Gasteiger partial charge in [-0.3, -0.25) is 19.4 Å². The van der Waals surface area contributed by atoms with E-state index in [1.54, 1.807) is 48.5 Å². The van der Waals surface area contributed by atoms with Gasteiger partial charge in [0, 0.05) is 10.0 Å². The quantitative estimate of drug-likeness (QED) is 0.120. The number of nitrogens with zero attached hydrogens (tertiary/aromatic N) is 2. The molecule has 2 amide bonds. The third-order valence-electron chi connectivity index (χ3n) is 6.20. The van der Waals surface area contributed by atoms with Gasteiger partial charge in [-0.15, -0.1) is 0 Å². The Balaban J connectivity index is 1.52. The first kappa shape index (κ1) is 27.3. The summed E-state index contributed by atoms with van der Waals surface area (Å²) in [5, 5.41) is 0.0929. The van der Waals surface area contributed by atoms with Crippen molar-refractivity contribution in [2.24, 2.45) is 0 Å². The van der Waals surface area contributed by atoms with Gasteiger partial charge in [-0.05, 0) is 73.2 Å². The number of carbonyl (C=O) groups excluding carboxylic acids is 2. The molecule has 1 saturated heterocycles. The van der Waals surface area contributed by atoms with Crippen molar-refractivity contribution in [3.05, 3.63) is 124 Å². The van der Waals surface area contributed by atoms with E-state index in [-0.39, 0.29) is 10.7 Å². The zero-order valence-corrected chi connectivity index (χ0v) is 24.0. The van der Waals surface area contributed by atoms with Crippen LogP contribution in [0.2, 0.25) is 0 Å². The number of carbonyl (C=O) groups is 2. The smallest absolute Gasteiger partial charge is 0.270 e. The average molecular weight is 614 g/mol. The summed E-state index contributed by atoms with van der Waals surface area (Å²) in [5.41, 5.74) is 2.73. The van der Waals surface area contributed by atoms with Gasteiger partial charge in [-0.25, -0.2) is 0 Å². The lowest BCUT2D eigenvalue weighted by Crippen LogP contribution is -2.56. The van der Waals surface area contributed by atoms with Gasteiger partial charge in [0.05, 0.1) is 18.0 Å². The van der Waals surface area contributed by atoms with Gasteiger partial charge in [0.1, 0.15) is 12.2 Å². The van der Waals surface area contributed by atoms with Crippen LogP contribution in [0, 0.1) is 0 Å². The molecule has 40 heavy (non-hydrogen) atoms. The minimum absolute atomic E-state index is 0.0226. The van der Waals surface area contributed by atoms with Gasteiger partial charge in [0.25, 0.3) is 11.8 Å². The zero-order chi connectivity index (χ0) is 28.1. The Morgan fingerprint density at radius 2 is 1.32 bits per heavy atom. The molecular formula is C32H25BrN2O4S. The maximum absolute atomic E-state index is 13.8.